The second-order valence-corrected chi connectivity index (χ2v) is 11.5. The van der Waals surface area contributed by atoms with Gasteiger partial charge < -0.3 is 14.9 Å². The van der Waals surface area contributed by atoms with E-state index in [0.717, 1.165) is 19.3 Å². The van der Waals surface area contributed by atoms with Crippen LogP contribution in [0.15, 0.2) is 0 Å². The number of hydrogen-bond acceptors (Lipinski definition) is 9. The predicted octanol–water partition coefficient (Wildman–Crippen LogP) is 5.01. The van der Waals surface area contributed by atoms with E-state index < -0.39 is 27.9 Å². The Balaban J connectivity index is -0.00000117. The van der Waals surface area contributed by atoms with E-state index in [2.05, 4.69) is 22.2 Å². The summed E-state index contributed by atoms with van der Waals surface area (Å²) in [5.41, 5.74) is 2.07. The monoisotopic (exact) mass is 609 g/mol. The van der Waals surface area contributed by atoms with Gasteiger partial charge in [-0.3, -0.25) is 19.0 Å². The molecule has 0 aromatic rings. The van der Waals surface area contributed by atoms with Crippen molar-refractivity contribution in [2.75, 3.05) is 32.2 Å². The number of rotatable bonds is 28. The van der Waals surface area contributed by atoms with Gasteiger partial charge in [-0.15, -0.1) is 0 Å². The first-order valence-electron chi connectivity index (χ1n) is 15.1. The predicted molar refractivity (Wildman–Crippen MR) is 162 cm³/mol. The molecule has 0 aliphatic rings. The second kappa shape index (κ2) is 35.4. The van der Waals surface area contributed by atoms with Crippen molar-refractivity contribution in [2.24, 2.45) is 0 Å². The second-order valence-electron chi connectivity index (χ2n) is 10.0. The van der Waals surface area contributed by atoms with E-state index in [-0.39, 0.29) is 56.0 Å². The van der Waals surface area contributed by atoms with Crippen LogP contribution in [0.1, 0.15) is 136 Å². The number of ether oxygens (including phenoxy) is 1. The normalized spacial score (nSPS) is 11.8. The van der Waals surface area contributed by atoms with Gasteiger partial charge in [-0.05, 0) is 12.8 Å². The van der Waals surface area contributed by atoms with E-state index in [4.69, 9.17) is 19.5 Å². The van der Waals surface area contributed by atoms with E-state index in [1.807, 2.05) is 0 Å². The number of hydrogen-bond donors (Lipinski definition) is 4. The van der Waals surface area contributed by atoms with E-state index in [1.54, 1.807) is 0 Å². The zero-order valence-electron chi connectivity index (χ0n) is 24.7. The van der Waals surface area contributed by atoms with Crippen LogP contribution in [-0.2, 0) is 29.3 Å². The summed E-state index contributed by atoms with van der Waals surface area (Å²) in [7, 11) is -4.12. The number of aliphatic hydroxyl groups is 2. The number of aliphatic hydroxyl groups excluding tert-OH is 2. The first-order valence-corrected chi connectivity index (χ1v) is 16.7. The van der Waals surface area contributed by atoms with Crippen molar-refractivity contribution in [2.45, 2.75) is 142 Å². The van der Waals surface area contributed by atoms with Gasteiger partial charge in [0.2, 0.25) is 0 Å². The van der Waals surface area contributed by atoms with Crippen molar-refractivity contribution in [3.05, 3.63) is 0 Å². The number of unbranched alkanes of at least 4 members (excludes halogenated alkanes) is 17. The van der Waals surface area contributed by atoms with E-state index >= 15 is 0 Å². The molecule has 4 N–H and O–H groups in total. The minimum atomic E-state index is -4.12. The molecule has 0 aliphatic carbocycles. The molecule has 0 amide bonds. The molecule has 0 saturated heterocycles. The zero-order chi connectivity index (χ0) is 29.5. The Morgan fingerprint density at radius 3 is 1.35 bits per heavy atom. The Labute approximate surface area is 266 Å². The molecule has 0 heterocycles. The van der Waals surface area contributed by atoms with Gasteiger partial charge in [0.15, 0.2) is 0 Å². The molecule has 238 valence electrons. The third kappa shape index (κ3) is 42.6. The summed E-state index contributed by atoms with van der Waals surface area (Å²) >= 11 is 0. The number of carbonyl (C=O) groups excluding carboxylic acids is 1. The van der Waals surface area contributed by atoms with Crippen LogP contribution < -0.4 is 5.64 Å². The first-order chi connectivity index (χ1) is 18.8. The molecular weight excluding hydrogens is 549 g/mol. The van der Waals surface area contributed by atoms with E-state index in [0.29, 0.717) is 6.42 Å². The standard InChI is InChI=1S/C24H48O5S.C4H11NO4.Na.H/c1-3-4-5-6-7-8-9-10-11-12-13-14-15-16-17-18-19-20-21-24(29-23(2)25)22-30(26,27)28;6-1-3-8-5-9-4-2-7;;/h24H,3-22H2,1-2H3,(H,26,27,28);5-7H,1-4H2;;. The SMILES string of the molecule is CCCCCCCCCCCCCCCCCCCCC(CS(=O)(=O)O)OC(C)=O.OCCONOCCO.[NaH]. The average molecular weight is 610 g/mol. The van der Waals surface area contributed by atoms with Crippen LogP contribution >= 0.6 is 0 Å². The summed E-state index contributed by atoms with van der Waals surface area (Å²) in [4.78, 5) is 19.9. The molecule has 10 nitrogen and oxygen atoms in total. The van der Waals surface area contributed by atoms with Crippen molar-refractivity contribution in [1.82, 2.24) is 5.64 Å². The van der Waals surface area contributed by atoms with Crippen LogP contribution in [0.2, 0.25) is 0 Å². The Bertz CT molecular complexity index is 607. The van der Waals surface area contributed by atoms with Gasteiger partial charge in [-0.25, -0.2) is 0 Å². The van der Waals surface area contributed by atoms with Gasteiger partial charge >= 0.3 is 35.5 Å². The van der Waals surface area contributed by atoms with Crippen molar-refractivity contribution < 1.29 is 42.4 Å². The summed E-state index contributed by atoms with van der Waals surface area (Å²) in [6.07, 6.45) is 23.1. The van der Waals surface area contributed by atoms with Crippen LogP contribution in [0.25, 0.3) is 0 Å². The van der Waals surface area contributed by atoms with Crippen LogP contribution in [0.5, 0.6) is 0 Å². The summed E-state index contributed by atoms with van der Waals surface area (Å²) in [5, 5.41) is 16.3. The van der Waals surface area contributed by atoms with Crippen LogP contribution in [0.4, 0.5) is 0 Å². The summed E-state index contributed by atoms with van der Waals surface area (Å²) in [6.45, 7) is 3.75. The fourth-order valence-electron chi connectivity index (χ4n) is 4.14. The van der Waals surface area contributed by atoms with Crippen molar-refractivity contribution in [3.8, 4) is 0 Å². The quantitative estimate of drug-likeness (QED) is 0.0313. The Morgan fingerprint density at radius 1 is 0.700 bits per heavy atom. The van der Waals surface area contributed by atoms with Gasteiger partial charge in [-0.2, -0.15) is 8.42 Å². The Kier molecular flexibility index (Phi) is 39.5. The van der Waals surface area contributed by atoms with Crippen molar-refractivity contribution in [3.63, 3.8) is 0 Å². The third-order valence-electron chi connectivity index (χ3n) is 6.11. The van der Waals surface area contributed by atoms with Gasteiger partial charge in [0, 0.05) is 6.92 Å². The molecular formula is C28H60NNaO9S. The average Bonchev–Trinajstić information content (AvgIpc) is 2.87. The Morgan fingerprint density at radius 2 is 1.05 bits per heavy atom. The van der Waals surface area contributed by atoms with Crippen LogP contribution in [0.3, 0.4) is 0 Å². The minimum absolute atomic E-state index is 0. The van der Waals surface area contributed by atoms with Gasteiger partial charge in [0.1, 0.15) is 11.9 Å². The molecule has 0 radical (unpaired) electrons. The molecule has 0 aromatic carbocycles. The summed E-state index contributed by atoms with van der Waals surface area (Å²) in [5.74, 6) is -1.02. The van der Waals surface area contributed by atoms with Gasteiger partial charge in [0.05, 0.1) is 26.4 Å². The fraction of sp³-hybridized carbons (Fsp3) is 0.964. The maximum atomic E-state index is 11.0. The molecule has 0 rings (SSSR count). The number of nitrogens with one attached hydrogen (secondary N) is 1. The van der Waals surface area contributed by atoms with E-state index in [9.17, 15) is 13.2 Å². The number of esters is 1. The molecule has 0 aliphatic heterocycles. The molecule has 40 heavy (non-hydrogen) atoms. The maximum absolute atomic E-state index is 11.0. The third-order valence-corrected chi connectivity index (χ3v) is 6.91. The van der Waals surface area contributed by atoms with Gasteiger partial charge in [-0.1, -0.05) is 122 Å². The molecule has 0 bridgehead atoms. The summed E-state index contributed by atoms with van der Waals surface area (Å²) < 4.78 is 35.9. The molecule has 1 unspecified atom stereocenters. The van der Waals surface area contributed by atoms with Crippen molar-refractivity contribution >= 4 is 45.6 Å². The first kappa shape index (κ1) is 44.6. The van der Waals surface area contributed by atoms with Crippen LogP contribution in [-0.4, -0.2) is 97.0 Å². The van der Waals surface area contributed by atoms with Crippen LogP contribution in [0, 0.1) is 0 Å². The molecule has 1 atom stereocenters. The fourth-order valence-corrected chi connectivity index (χ4v) is 4.84. The zero-order valence-corrected chi connectivity index (χ0v) is 25.6. The number of carbonyl (C=O) groups is 1. The molecule has 0 aromatic heterocycles. The molecule has 0 fully saturated rings. The summed E-state index contributed by atoms with van der Waals surface area (Å²) in [6, 6.07) is 0. The topological polar surface area (TPSA) is 152 Å². The van der Waals surface area contributed by atoms with Gasteiger partial charge in [0.25, 0.3) is 10.1 Å². The molecule has 0 spiro atoms. The van der Waals surface area contributed by atoms with Crippen molar-refractivity contribution in [1.29, 1.82) is 0 Å². The Hall–Kier alpha value is 0.180. The molecule has 0 saturated carbocycles. The molecule has 12 heteroatoms. The van der Waals surface area contributed by atoms with E-state index in [1.165, 1.54) is 103 Å².